The van der Waals surface area contributed by atoms with Gasteiger partial charge in [0.05, 0.1) is 17.8 Å². The van der Waals surface area contributed by atoms with Crippen LogP contribution in [0.1, 0.15) is 21.7 Å². The first-order chi connectivity index (χ1) is 13.2. The van der Waals surface area contributed by atoms with Crippen LogP contribution < -0.4 is 14.8 Å². The summed E-state index contributed by atoms with van der Waals surface area (Å²) >= 11 is 3.48. The molecule has 0 aliphatic heterocycles. The molecule has 1 amide bonds. The molecule has 0 fully saturated rings. The molecule has 0 aliphatic rings. The largest absolute Gasteiger partial charge is 0.493 e. The van der Waals surface area contributed by atoms with Gasteiger partial charge in [-0.1, -0.05) is 30.3 Å². The number of carbonyl (C=O) groups excluding carboxylic acids is 1. The number of methoxy groups -OCH3 is 1. The second kappa shape index (κ2) is 9.28. The van der Waals surface area contributed by atoms with Gasteiger partial charge in [-0.25, -0.2) is 0 Å². The average Bonchev–Trinajstić information content (AvgIpc) is 3.20. The molecule has 0 radical (unpaired) electrons. The molecule has 2 aromatic carbocycles. The van der Waals surface area contributed by atoms with Gasteiger partial charge in [-0.2, -0.15) is 0 Å². The number of amides is 1. The van der Waals surface area contributed by atoms with Crippen molar-refractivity contribution >= 4 is 21.8 Å². The van der Waals surface area contributed by atoms with Crippen molar-refractivity contribution in [3.05, 3.63) is 82.2 Å². The molecule has 0 aliphatic carbocycles. The summed E-state index contributed by atoms with van der Waals surface area (Å²) in [5.41, 5.74) is 1.54. The van der Waals surface area contributed by atoms with Crippen LogP contribution in [0, 0.1) is 0 Å². The lowest BCUT2D eigenvalue weighted by atomic mass is 10.1. The summed E-state index contributed by atoms with van der Waals surface area (Å²) in [6, 6.07) is 17.0. The number of nitrogens with one attached hydrogen (secondary N) is 1. The van der Waals surface area contributed by atoms with Crippen molar-refractivity contribution in [3.63, 3.8) is 0 Å². The Hall–Kier alpha value is -2.73. The number of hydrogen-bond donors (Lipinski definition) is 1. The van der Waals surface area contributed by atoms with Crippen molar-refractivity contribution in [2.45, 2.75) is 13.0 Å². The number of carbonyl (C=O) groups is 1. The summed E-state index contributed by atoms with van der Waals surface area (Å²) in [6.07, 6.45) is 2.25. The molecule has 0 saturated carbocycles. The molecule has 0 saturated heterocycles. The van der Waals surface area contributed by atoms with Gasteiger partial charge >= 0.3 is 0 Å². The van der Waals surface area contributed by atoms with E-state index in [1.807, 2.05) is 42.5 Å². The zero-order valence-electron chi connectivity index (χ0n) is 14.9. The number of ether oxygens (including phenoxy) is 2. The zero-order valence-corrected chi connectivity index (χ0v) is 16.5. The van der Waals surface area contributed by atoms with E-state index in [1.165, 1.54) is 0 Å². The van der Waals surface area contributed by atoms with E-state index in [2.05, 4.69) is 21.2 Å². The van der Waals surface area contributed by atoms with Crippen molar-refractivity contribution in [2.24, 2.45) is 0 Å². The second-order valence-corrected chi connectivity index (χ2v) is 6.70. The predicted octanol–water partition coefficient (Wildman–Crippen LogP) is 4.60. The summed E-state index contributed by atoms with van der Waals surface area (Å²) in [4.78, 5) is 12.4. The fourth-order valence-corrected chi connectivity index (χ4v) is 3.13. The van der Waals surface area contributed by atoms with Crippen LogP contribution in [0.15, 0.2) is 69.8 Å². The van der Waals surface area contributed by atoms with Gasteiger partial charge in [-0.3, -0.25) is 4.79 Å². The Morgan fingerprint density at radius 3 is 2.67 bits per heavy atom. The van der Waals surface area contributed by atoms with Crippen LogP contribution >= 0.6 is 15.9 Å². The Bertz CT molecular complexity index is 879. The molecule has 0 atom stereocenters. The molecule has 0 bridgehead atoms. The summed E-state index contributed by atoms with van der Waals surface area (Å²) in [6.45, 7) is 0.892. The Kier molecular flexibility index (Phi) is 6.54. The first kappa shape index (κ1) is 19.0. The van der Waals surface area contributed by atoms with E-state index < -0.39 is 0 Å². The summed E-state index contributed by atoms with van der Waals surface area (Å²) < 4.78 is 17.2. The van der Waals surface area contributed by atoms with Gasteiger partial charge in [0, 0.05) is 18.5 Å². The zero-order chi connectivity index (χ0) is 19.1. The van der Waals surface area contributed by atoms with Gasteiger partial charge in [0.2, 0.25) is 0 Å². The fourth-order valence-electron chi connectivity index (χ4n) is 2.58. The molecule has 27 heavy (non-hydrogen) atoms. The number of rotatable bonds is 8. The Labute approximate surface area is 166 Å². The van der Waals surface area contributed by atoms with Gasteiger partial charge < -0.3 is 19.2 Å². The highest BCUT2D eigenvalue weighted by atomic mass is 79.9. The molecule has 1 N–H and O–H groups in total. The van der Waals surface area contributed by atoms with E-state index in [0.29, 0.717) is 41.1 Å². The highest BCUT2D eigenvalue weighted by molar-refractivity contribution is 9.10. The van der Waals surface area contributed by atoms with Crippen LogP contribution in [0.2, 0.25) is 0 Å². The predicted molar refractivity (Wildman–Crippen MR) is 106 cm³/mol. The quantitative estimate of drug-likeness (QED) is 0.568. The van der Waals surface area contributed by atoms with Crippen LogP contribution in [0.25, 0.3) is 0 Å². The van der Waals surface area contributed by atoms with Crippen LogP contribution in [0.3, 0.4) is 0 Å². The van der Waals surface area contributed by atoms with Crippen molar-refractivity contribution in [1.29, 1.82) is 0 Å². The third-order valence-electron chi connectivity index (χ3n) is 3.95. The highest BCUT2D eigenvalue weighted by Crippen LogP contribution is 2.37. The fraction of sp³-hybridized carbons (Fsp3) is 0.190. The smallest absolute Gasteiger partial charge is 0.251 e. The SMILES string of the molecule is COc1cc(C(=O)NCCc2ccco2)cc(Br)c1OCc1ccccc1. The minimum atomic E-state index is -0.185. The normalized spacial score (nSPS) is 10.4. The summed E-state index contributed by atoms with van der Waals surface area (Å²) in [5.74, 6) is 1.71. The second-order valence-electron chi connectivity index (χ2n) is 5.85. The van der Waals surface area contributed by atoms with E-state index in [4.69, 9.17) is 13.9 Å². The molecule has 0 unspecified atom stereocenters. The first-order valence-corrected chi connectivity index (χ1v) is 9.31. The van der Waals surface area contributed by atoms with Crippen molar-refractivity contribution in [3.8, 4) is 11.5 Å². The van der Waals surface area contributed by atoms with Crippen LogP contribution in [-0.2, 0) is 13.0 Å². The third kappa shape index (κ3) is 5.14. The molecule has 0 spiro atoms. The molecular weight excluding hydrogens is 410 g/mol. The van der Waals surface area contributed by atoms with Gasteiger partial charge in [0.1, 0.15) is 12.4 Å². The molecule has 6 heteroatoms. The first-order valence-electron chi connectivity index (χ1n) is 8.52. The van der Waals surface area contributed by atoms with E-state index in [1.54, 1.807) is 25.5 Å². The Morgan fingerprint density at radius 2 is 1.96 bits per heavy atom. The van der Waals surface area contributed by atoms with Crippen molar-refractivity contribution in [2.75, 3.05) is 13.7 Å². The van der Waals surface area contributed by atoms with Gasteiger partial charge in [-0.15, -0.1) is 0 Å². The van der Waals surface area contributed by atoms with E-state index in [-0.39, 0.29) is 5.91 Å². The molecule has 3 rings (SSSR count). The average molecular weight is 430 g/mol. The highest BCUT2D eigenvalue weighted by Gasteiger charge is 2.16. The molecule has 1 aromatic heterocycles. The standard InChI is InChI=1S/C21H20BrNO4/c1-25-19-13-16(21(24)23-10-9-17-8-5-11-26-17)12-18(22)20(19)27-14-15-6-3-2-4-7-15/h2-8,11-13H,9-10,14H2,1H3,(H,23,24). The lowest BCUT2D eigenvalue weighted by molar-refractivity contribution is 0.0953. The lowest BCUT2D eigenvalue weighted by Gasteiger charge is -2.14. The minimum absolute atomic E-state index is 0.185. The van der Waals surface area contributed by atoms with E-state index in [0.717, 1.165) is 11.3 Å². The number of furan rings is 1. The maximum Gasteiger partial charge on any atom is 0.251 e. The Balaban J connectivity index is 1.66. The monoisotopic (exact) mass is 429 g/mol. The van der Waals surface area contributed by atoms with E-state index >= 15 is 0 Å². The molecule has 3 aromatic rings. The number of hydrogen-bond acceptors (Lipinski definition) is 4. The number of benzene rings is 2. The van der Waals surface area contributed by atoms with Gasteiger partial charge in [-0.05, 0) is 45.8 Å². The third-order valence-corrected chi connectivity index (χ3v) is 4.54. The van der Waals surface area contributed by atoms with Crippen LogP contribution in [0.4, 0.5) is 0 Å². The van der Waals surface area contributed by atoms with Gasteiger partial charge in [0.25, 0.3) is 5.91 Å². The topological polar surface area (TPSA) is 60.7 Å². The van der Waals surface area contributed by atoms with Crippen LogP contribution in [0.5, 0.6) is 11.5 Å². The summed E-state index contributed by atoms with van der Waals surface area (Å²) in [5, 5.41) is 2.88. The minimum Gasteiger partial charge on any atom is -0.493 e. The molecule has 140 valence electrons. The molecule has 5 nitrogen and oxygen atoms in total. The Morgan fingerprint density at radius 1 is 1.15 bits per heavy atom. The maximum absolute atomic E-state index is 12.4. The van der Waals surface area contributed by atoms with Crippen molar-refractivity contribution in [1.82, 2.24) is 5.32 Å². The van der Waals surface area contributed by atoms with Crippen LogP contribution in [-0.4, -0.2) is 19.6 Å². The van der Waals surface area contributed by atoms with Gasteiger partial charge in [0.15, 0.2) is 11.5 Å². The van der Waals surface area contributed by atoms with Crippen molar-refractivity contribution < 1.29 is 18.7 Å². The number of halogens is 1. The maximum atomic E-state index is 12.4. The summed E-state index contributed by atoms with van der Waals surface area (Å²) in [7, 11) is 1.55. The molecule has 1 heterocycles. The molecular formula is C21H20BrNO4. The lowest BCUT2D eigenvalue weighted by Crippen LogP contribution is -2.25. The van der Waals surface area contributed by atoms with E-state index in [9.17, 15) is 4.79 Å².